The van der Waals surface area contributed by atoms with Gasteiger partial charge in [0.05, 0.1) is 5.02 Å². The molecule has 19 heavy (non-hydrogen) atoms. The molecule has 0 aromatic carbocycles. The van der Waals surface area contributed by atoms with E-state index in [2.05, 4.69) is 34.4 Å². The molecule has 0 saturated heterocycles. The molecule has 0 atom stereocenters. The maximum Gasteiger partial charge on any atom is 0.271 e. The van der Waals surface area contributed by atoms with Crippen LogP contribution in [0.3, 0.4) is 0 Å². The second-order valence-corrected chi connectivity index (χ2v) is 5.01. The summed E-state index contributed by atoms with van der Waals surface area (Å²) in [6, 6.07) is 3.84. The number of likely N-dealkylation sites (N-methyl/N-ethyl adjacent to an activating group) is 1. The SMILES string of the molecule is CNc1ccc(Cl)c(C(=O)NCCN(C)C(C)C)n1. The van der Waals surface area contributed by atoms with E-state index in [-0.39, 0.29) is 11.6 Å². The predicted molar refractivity (Wildman–Crippen MR) is 78.9 cm³/mol. The Bertz CT molecular complexity index is 437. The molecule has 0 aliphatic rings. The lowest BCUT2D eigenvalue weighted by Gasteiger charge is -2.20. The fraction of sp³-hybridized carbons (Fsp3) is 0.538. The molecule has 0 saturated carbocycles. The standard InChI is InChI=1S/C13H21ClN4O/c1-9(2)18(4)8-7-16-13(19)12-10(14)5-6-11(15-3)17-12/h5-6,9H,7-8H2,1-4H3,(H,15,17)(H,16,19). The van der Waals surface area contributed by atoms with Crippen molar-refractivity contribution in [2.75, 3.05) is 32.5 Å². The largest absolute Gasteiger partial charge is 0.373 e. The average molecular weight is 285 g/mol. The maximum atomic E-state index is 12.0. The number of aromatic nitrogens is 1. The number of nitrogens with one attached hydrogen (secondary N) is 2. The molecule has 5 nitrogen and oxygen atoms in total. The monoisotopic (exact) mass is 284 g/mol. The van der Waals surface area contributed by atoms with Crippen molar-refractivity contribution in [3.8, 4) is 0 Å². The molecule has 2 N–H and O–H groups in total. The number of carbonyl (C=O) groups excluding carboxylic acids is 1. The lowest BCUT2D eigenvalue weighted by molar-refractivity contribution is 0.0943. The smallest absolute Gasteiger partial charge is 0.271 e. The van der Waals surface area contributed by atoms with Crippen LogP contribution in [0.4, 0.5) is 5.82 Å². The molecular weight excluding hydrogens is 264 g/mol. The van der Waals surface area contributed by atoms with Gasteiger partial charge in [0.2, 0.25) is 0 Å². The normalized spacial score (nSPS) is 10.9. The summed E-state index contributed by atoms with van der Waals surface area (Å²) in [6.07, 6.45) is 0. The minimum atomic E-state index is -0.251. The van der Waals surface area contributed by atoms with Crippen LogP contribution in [-0.2, 0) is 0 Å². The number of anilines is 1. The zero-order chi connectivity index (χ0) is 14.4. The van der Waals surface area contributed by atoms with Crippen LogP contribution in [-0.4, -0.2) is 49.0 Å². The fourth-order valence-electron chi connectivity index (χ4n) is 1.43. The first kappa shape index (κ1) is 15.7. The van der Waals surface area contributed by atoms with Crippen molar-refractivity contribution in [1.82, 2.24) is 15.2 Å². The number of halogens is 1. The van der Waals surface area contributed by atoms with E-state index in [1.54, 1.807) is 19.2 Å². The van der Waals surface area contributed by atoms with Crippen LogP contribution in [0.2, 0.25) is 5.02 Å². The van der Waals surface area contributed by atoms with Crippen molar-refractivity contribution in [2.45, 2.75) is 19.9 Å². The van der Waals surface area contributed by atoms with Crippen LogP contribution in [0.1, 0.15) is 24.3 Å². The first-order chi connectivity index (χ1) is 8.95. The Kier molecular flexibility index (Phi) is 6.05. The number of hydrogen-bond acceptors (Lipinski definition) is 4. The quantitative estimate of drug-likeness (QED) is 0.837. The van der Waals surface area contributed by atoms with E-state index in [9.17, 15) is 4.79 Å². The minimum Gasteiger partial charge on any atom is -0.373 e. The third-order valence-electron chi connectivity index (χ3n) is 2.95. The van der Waals surface area contributed by atoms with Gasteiger partial charge < -0.3 is 15.5 Å². The van der Waals surface area contributed by atoms with Gasteiger partial charge in [-0.3, -0.25) is 4.79 Å². The minimum absolute atomic E-state index is 0.251. The van der Waals surface area contributed by atoms with Crippen LogP contribution >= 0.6 is 11.6 Å². The maximum absolute atomic E-state index is 12.0. The van der Waals surface area contributed by atoms with Gasteiger partial charge in [-0.1, -0.05) is 11.6 Å². The Labute approximate surface area is 119 Å². The summed E-state index contributed by atoms with van der Waals surface area (Å²) in [7, 11) is 3.76. The number of hydrogen-bond donors (Lipinski definition) is 2. The fourth-order valence-corrected chi connectivity index (χ4v) is 1.62. The van der Waals surface area contributed by atoms with E-state index in [1.807, 2.05) is 7.05 Å². The Morgan fingerprint density at radius 2 is 2.16 bits per heavy atom. The van der Waals surface area contributed by atoms with Gasteiger partial charge in [-0.2, -0.15) is 0 Å². The van der Waals surface area contributed by atoms with Crippen molar-refractivity contribution in [2.24, 2.45) is 0 Å². The summed E-state index contributed by atoms with van der Waals surface area (Å²) in [5.74, 6) is 0.369. The Morgan fingerprint density at radius 3 is 2.74 bits per heavy atom. The molecule has 1 heterocycles. The summed E-state index contributed by atoms with van der Waals surface area (Å²) in [5.41, 5.74) is 0.251. The van der Waals surface area contributed by atoms with Crippen molar-refractivity contribution >= 4 is 23.3 Å². The van der Waals surface area contributed by atoms with Crippen LogP contribution in [0.15, 0.2) is 12.1 Å². The summed E-state index contributed by atoms with van der Waals surface area (Å²) in [6.45, 7) is 5.56. The van der Waals surface area contributed by atoms with E-state index in [1.165, 1.54) is 0 Å². The average Bonchev–Trinajstić information content (AvgIpc) is 2.38. The lowest BCUT2D eigenvalue weighted by Crippen LogP contribution is -2.36. The summed E-state index contributed by atoms with van der Waals surface area (Å²) in [5, 5.41) is 6.06. The molecule has 1 aromatic rings. The van der Waals surface area contributed by atoms with E-state index in [4.69, 9.17) is 11.6 Å². The zero-order valence-electron chi connectivity index (χ0n) is 11.8. The van der Waals surface area contributed by atoms with E-state index < -0.39 is 0 Å². The number of amides is 1. The first-order valence-corrected chi connectivity index (χ1v) is 6.66. The third-order valence-corrected chi connectivity index (χ3v) is 3.25. The lowest BCUT2D eigenvalue weighted by atomic mass is 10.3. The Balaban J connectivity index is 2.58. The molecule has 106 valence electrons. The zero-order valence-corrected chi connectivity index (χ0v) is 12.6. The molecule has 1 amide bonds. The molecular formula is C13H21ClN4O. The van der Waals surface area contributed by atoms with Gasteiger partial charge in [0.25, 0.3) is 5.91 Å². The molecule has 0 bridgehead atoms. The van der Waals surface area contributed by atoms with Gasteiger partial charge in [-0.05, 0) is 33.0 Å². The van der Waals surface area contributed by atoms with E-state index in [0.717, 1.165) is 6.54 Å². The Morgan fingerprint density at radius 1 is 1.47 bits per heavy atom. The Hall–Kier alpha value is -1.33. The summed E-state index contributed by atoms with van der Waals surface area (Å²) >= 11 is 5.98. The highest BCUT2D eigenvalue weighted by Gasteiger charge is 2.13. The van der Waals surface area contributed by atoms with Gasteiger partial charge in [0, 0.05) is 26.2 Å². The van der Waals surface area contributed by atoms with Crippen LogP contribution in [0.25, 0.3) is 0 Å². The van der Waals surface area contributed by atoms with Gasteiger partial charge in [0.1, 0.15) is 11.5 Å². The molecule has 6 heteroatoms. The second kappa shape index (κ2) is 7.31. The van der Waals surface area contributed by atoms with Gasteiger partial charge in [-0.25, -0.2) is 4.98 Å². The highest BCUT2D eigenvalue weighted by Crippen LogP contribution is 2.16. The second-order valence-electron chi connectivity index (χ2n) is 4.61. The summed E-state index contributed by atoms with van der Waals surface area (Å²) in [4.78, 5) is 18.3. The van der Waals surface area contributed by atoms with Crippen molar-refractivity contribution in [1.29, 1.82) is 0 Å². The third kappa shape index (κ3) is 4.69. The molecule has 0 fully saturated rings. The molecule has 0 aliphatic carbocycles. The van der Waals surface area contributed by atoms with Crippen LogP contribution < -0.4 is 10.6 Å². The van der Waals surface area contributed by atoms with E-state index >= 15 is 0 Å². The highest BCUT2D eigenvalue weighted by atomic mass is 35.5. The molecule has 0 aliphatic heterocycles. The molecule has 0 radical (unpaired) electrons. The number of carbonyl (C=O) groups is 1. The van der Waals surface area contributed by atoms with Crippen LogP contribution in [0, 0.1) is 0 Å². The van der Waals surface area contributed by atoms with Crippen molar-refractivity contribution in [3.05, 3.63) is 22.8 Å². The number of pyridine rings is 1. The van der Waals surface area contributed by atoms with Crippen molar-refractivity contribution < 1.29 is 4.79 Å². The van der Waals surface area contributed by atoms with Gasteiger partial charge in [-0.15, -0.1) is 0 Å². The first-order valence-electron chi connectivity index (χ1n) is 6.28. The molecule has 0 spiro atoms. The highest BCUT2D eigenvalue weighted by molar-refractivity contribution is 6.33. The molecule has 1 aromatic heterocycles. The van der Waals surface area contributed by atoms with Crippen LogP contribution in [0.5, 0.6) is 0 Å². The molecule has 1 rings (SSSR count). The number of rotatable bonds is 6. The van der Waals surface area contributed by atoms with Gasteiger partial charge >= 0.3 is 0 Å². The van der Waals surface area contributed by atoms with Gasteiger partial charge in [0.15, 0.2) is 0 Å². The van der Waals surface area contributed by atoms with E-state index in [0.29, 0.717) is 23.4 Å². The predicted octanol–water partition coefficient (Wildman–Crippen LogP) is 1.85. The molecule has 0 unspecified atom stereocenters. The number of nitrogens with zero attached hydrogens (tertiary/aromatic N) is 2. The van der Waals surface area contributed by atoms with Crippen molar-refractivity contribution in [3.63, 3.8) is 0 Å². The summed E-state index contributed by atoms with van der Waals surface area (Å²) < 4.78 is 0. The topological polar surface area (TPSA) is 57.3 Å².